The van der Waals surface area contributed by atoms with E-state index in [4.69, 9.17) is 23.9 Å². The van der Waals surface area contributed by atoms with Crippen molar-refractivity contribution in [2.45, 2.75) is 6.54 Å². The van der Waals surface area contributed by atoms with Crippen LogP contribution in [0.15, 0.2) is 66.7 Å². The number of pyridine rings is 1. The third-order valence-corrected chi connectivity index (χ3v) is 6.30. The SMILES string of the molecule is COc1ccccc1CNC(=O)c1cc2c([nH]c3ccccc32)c(-c2cc(OC)c(OC)c(OC)c2)n1. The predicted octanol–water partition coefficient (Wildman–Crippen LogP) is 5.35. The summed E-state index contributed by atoms with van der Waals surface area (Å²) in [4.78, 5) is 21.6. The zero-order valence-electron chi connectivity index (χ0n) is 21.0. The van der Waals surface area contributed by atoms with E-state index in [-0.39, 0.29) is 11.6 Å². The largest absolute Gasteiger partial charge is 0.496 e. The van der Waals surface area contributed by atoms with Crippen LogP contribution in [0, 0.1) is 0 Å². The number of aromatic amines is 1. The molecule has 0 fully saturated rings. The van der Waals surface area contributed by atoms with Crippen LogP contribution in [0.4, 0.5) is 0 Å². The molecule has 0 bridgehead atoms. The lowest BCUT2D eigenvalue weighted by molar-refractivity contribution is 0.0946. The maximum atomic E-state index is 13.4. The van der Waals surface area contributed by atoms with E-state index in [1.54, 1.807) is 28.4 Å². The minimum Gasteiger partial charge on any atom is -0.496 e. The Hall–Kier alpha value is -4.72. The molecule has 0 saturated heterocycles. The van der Waals surface area contributed by atoms with Crippen LogP contribution in [0.3, 0.4) is 0 Å². The highest BCUT2D eigenvalue weighted by Gasteiger charge is 2.21. The first-order valence-electron chi connectivity index (χ1n) is 11.7. The fourth-order valence-electron chi connectivity index (χ4n) is 4.50. The molecule has 0 unspecified atom stereocenters. The molecule has 0 aliphatic rings. The minimum absolute atomic E-state index is 0.288. The molecule has 0 aliphatic heterocycles. The number of nitrogens with zero attached hydrogens (tertiary/aromatic N) is 1. The average molecular weight is 498 g/mol. The fraction of sp³-hybridized carbons (Fsp3) is 0.172. The van der Waals surface area contributed by atoms with Crippen LogP contribution in [0.1, 0.15) is 16.1 Å². The summed E-state index contributed by atoms with van der Waals surface area (Å²) < 4.78 is 22.0. The molecule has 0 atom stereocenters. The molecule has 37 heavy (non-hydrogen) atoms. The second kappa shape index (κ2) is 10.1. The Kier molecular flexibility index (Phi) is 6.55. The van der Waals surface area contributed by atoms with Gasteiger partial charge in [-0.05, 0) is 30.3 Å². The Balaban J connectivity index is 1.65. The number of nitrogens with one attached hydrogen (secondary N) is 2. The van der Waals surface area contributed by atoms with Crippen molar-refractivity contribution in [1.82, 2.24) is 15.3 Å². The number of para-hydroxylation sites is 2. The van der Waals surface area contributed by atoms with Gasteiger partial charge >= 0.3 is 0 Å². The van der Waals surface area contributed by atoms with Crippen LogP contribution in [-0.4, -0.2) is 44.3 Å². The van der Waals surface area contributed by atoms with E-state index in [1.807, 2.05) is 66.7 Å². The van der Waals surface area contributed by atoms with Gasteiger partial charge in [0.2, 0.25) is 5.75 Å². The zero-order chi connectivity index (χ0) is 25.9. The van der Waals surface area contributed by atoms with E-state index < -0.39 is 0 Å². The molecule has 2 aromatic heterocycles. The number of hydrogen-bond acceptors (Lipinski definition) is 6. The summed E-state index contributed by atoms with van der Waals surface area (Å²) in [5, 5.41) is 4.85. The molecule has 0 spiro atoms. The second-order valence-electron chi connectivity index (χ2n) is 8.36. The van der Waals surface area contributed by atoms with E-state index in [9.17, 15) is 4.79 Å². The molecule has 5 aromatic rings. The van der Waals surface area contributed by atoms with Gasteiger partial charge in [0.15, 0.2) is 11.5 Å². The van der Waals surface area contributed by atoms with Crippen molar-refractivity contribution in [2.75, 3.05) is 28.4 Å². The molecule has 188 valence electrons. The number of fused-ring (bicyclic) bond motifs is 3. The quantitative estimate of drug-likeness (QED) is 0.300. The van der Waals surface area contributed by atoms with Crippen LogP contribution in [-0.2, 0) is 6.54 Å². The molecule has 3 aromatic carbocycles. The summed E-state index contributed by atoms with van der Waals surface area (Å²) in [7, 11) is 6.29. The van der Waals surface area contributed by atoms with Crippen LogP contribution >= 0.6 is 0 Å². The Morgan fingerprint density at radius 2 is 1.49 bits per heavy atom. The maximum Gasteiger partial charge on any atom is 0.270 e. The topological polar surface area (TPSA) is 94.7 Å². The number of carbonyl (C=O) groups is 1. The van der Waals surface area contributed by atoms with Gasteiger partial charge in [-0.3, -0.25) is 4.79 Å². The number of amides is 1. The number of ether oxygens (including phenoxy) is 4. The Morgan fingerprint density at radius 3 is 2.19 bits per heavy atom. The van der Waals surface area contributed by atoms with Gasteiger partial charge in [0.25, 0.3) is 5.91 Å². The highest BCUT2D eigenvalue weighted by molar-refractivity contribution is 6.13. The van der Waals surface area contributed by atoms with E-state index in [2.05, 4.69) is 10.3 Å². The summed E-state index contributed by atoms with van der Waals surface area (Å²) in [6, 6.07) is 21.0. The molecule has 5 rings (SSSR count). The van der Waals surface area contributed by atoms with Crippen LogP contribution in [0.5, 0.6) is 23.0 Å². The number of methoxy groups -OCH3 is 4. The third kappa shape index (κ3) is 4.38. The normalized spacial score (nSPS) is 10.9. The smallest absolute Gasteiger partial charge is 0.270 e. The molecule has 1 amide bonds. The summed E-state index contributed by atoms with van der Waals surface area (Å²) in [5.74, 6) is 1.88. The second-order valence-corrected chi connectivity index (χ2v) is 8.36. The molecule has 2 N–H and O–H groups in total. The Bertz CT molecular complexity index is 1580. The van der Waals surface area contributed by atoms with E-state index in [0.717, 1.165) is 27.4 Å². The van der Waals surface area contributed by atoms with Crippen molar-refractivity contribution in [3.63, 3.8) is 0 Å². The van der Waals surface area contributed by atoms with Gasteiger partial charge in [-0.25, -0.2) is 4.98 Å². The van der Waals surface area contributed by atoms with Crippen molar-refractivity contribution < 1.29 is 23.7 Å². The van der Waals surface area contributed by atoms with Gasteiger partial charge in [-0.15, -0.1) is 0 Å². The summed E-state index contributed by atoms with van der Waals surface area (Å²) in [6.45, 7) is 0.302. The van der Waals surface area contributed by atoms with Crippen LogP contribution < -0.4 is 24.3 Å². The Labute approximate surface area is 214 Å². The zero-order valence-corrected chi connectivity index (χ0v) is 21.0. The average Bonchev–Trinajstić information content (AvgIpc) is 3.33. The van der Waals surface area contributed by atoms with Gasteiger partial charge in [0.1, 0.15) is 11.4 Å². The number of carbonyl (C=O) groups excluding carboxylic acids is 1. The Morgan fingerprint density at radius 1 is 0.811 bits per heavy atom. The molecule has 8 nitrogen and oxygen atoms in total. The van der Waals surface area contributed by atoms with Crippen molar-refractivity contribution in [1.29, 1.82) is 0 Å². The highest BCUT2D eigenvalue weighted by Crippen LogP contribution is 2.42. The number of rotatable bonds is 8. The summed E-state index contributed by atoms with van der Waals surface area (Å²) in [5.41, 5.74) is 4.21. The van der Waals surface area contributed by atoms with Crippen LogP contribution in [0.2, 0.25) is 0 Å². The van der Waals surface area contributed by atoms with Gasteiger partial charge in [0.05, 0.1) is 39.6 Å². The van der Waals surface area contributed by atoms with Crippen molar-refractivity contribution >= 4 is 27.7 Å². The monoisotopic (exact) mass is 497 g/mol. The first kappa shape index (κ1) is 24.0. The number of H-pyrrole nitrogens is 1. The van der Waals surface area contributed by atoms with Crippen LogP contribution in [0.25, 0.3) is 33.1 Å². The van der Waals surface area contributed by atoms with Crippen molar-refractivity contribution in [3.05, 3.63) is 78.0 Å². The lowest BCUT2D eigenvalue weighted by Gasteiger charge is -2.15. The molecule has 2 heterocycles. The van der Waals surface area contributed by atoms with Gasteiger partial charge in [0, 0.05) is 34.0 Å². The summed E-state index contributed by atoms with van der Waals surface area (Å²) in [6.07, 6.45) is 0. The standard InChI is InChI=1S/C29H27N3O5/c1-34-23-12-8-5-9-17(23)16-30-29(33)22-15-20-19-10-6-7-11-21(19)31-27(20)26(32-22)18-13-24(35-2)28(37-4)25(14-18)36-3/h5-15,31H,16H2,1-4H3,(H,30,33). The van der Waals surface area contributed by atoms with Gasteiger partial charge in [-0.2, -0.15) is 0 Å². The van der Waals surface area contributed by atoms with E-state index in [1.165, 1.54) is 0 Å². The van der Waals surface area contributed by atoms with Gasteiger partial charge in [-0.1, -0.05) is 36.4 Å². The van der Waals surface area contributed by atoms with Gasteiger partial charge < -0.3 is 29.2 Å². The molecular formula is C29H27N3O5. The maximum absolute atomic E-state index is 13.4. The highest BCUT2D eigenvalue weighted by atomic mass is 16.5. The first-order chi connectivity index (χ1) is 18.1. The predicted molar refractivity (Wildman–Crippen MR) is 143 cm³/mol. The molecule has 0 saturated carbocycles. The molecule has 8 heteroatoms. The minimum atomic E-state index is -0.299. The first-order valence-corrected chi connectivity index (χ1v) is 11.7. The lowest BCUT2D eigenvalue weighted by atomic mass is 10.0. The number of aromatic nitrogens is 2. The molecule has 0 aliphatic carbocycles. The molecule has 0 radical (unpaired) electrons. The fourth-order valence-corrected chi connectivity index (χ4v) is 4.50. The molecular weight excluding hydrogens is 470 g/mol. The lowest BCUT2D eigenvalue weighted by Crippen LogP contribution is -2.24. The van der Waals surface area contributed by atoms with E-state index in [0.29, 0.717) is 40.8 Å². The number of hydrogen-bond donors (Lipinski definition) is 2. The van der Waals surface area contributed by atoms with Crippen molar-refractivity contribution in [3.8, 4) is 34.3 Å². The number of benzene rings is 3. The summed E-state index contributed by atoms with van der Waals surface area (Å²) >= 11 is 0. The van der Waals surface area contributed by atoms with E-state index >= 15 is 0 Å². The third-order valence-electron chi connectivity index (χ3n) is 6.30. The van der Waals surface area contributed by atoms with Crippen molar-refractivity contribution in [2.24, 2.45) is 0 Å².